The van der Waals surface area contributed by atoms with Crippen LogP contribution < -0.4 is 5.32 Å². The number of para-hydroxylation sites is 1. The van der Waals surface area contributed by atoms with Crippen molar-refractivity contribution in [1.29, 1.82) is 0 Å². The molecule has 1 N–H and O–H groups in total. The molecule has 1 unspecified atom stereocenters. The van der Waals surface area contributed by atoms with Crippen molar-refractivity contribution in [3.63, 3.8) is 0 Å². The molecule has 1 atom stereocenters. The summed E-state index contributed by atoms with van der Waals surface area (Å²) in [4.78, 5) is 11.9. The number of alkyl halides is 3. The zero-order valence-electron chi connectivity index (χ0n) is 12.2. The Kier molecular flexibility index (Phi) is 4.59. The summed E-state index contributed by atoms with van der Waals surface area (Å²) in [7, 11) is 0. The molecule has 1 aromatic heterocycles. The van der Waals surface area contributed by atoms with Gasteiger partial charge in [-0.05, 0) is 37.1 Å². The molecule has 0 saturated carbocycles. The van der Waals surface area contributed by atoms with E-state index in [1.165, 1.54) is 18.4 Å². The molecule has 118 valence electrons. The summed E-state index contributed by atoms with van der Waals surface area (Å²) in [5.74, 6) is -0.761. The second-order valence-corrected chi connectivity index (χ2v) is 5.11. The van der Waals surface area contributed by atoms with E-state index in [1.807, 2.05) is 0 Å². The minimum atomic E-state index is -4.54. The molecule has 6 heteroatoms. The second kappa shape index (κ2) is 6.25. The molecule has 0 radical (unpaired) electrons. The molecule has 1 heterocycles. The summed E-state index contributed by atoms with van der Waals surface area (Å²) in [6, 6.07) is 6.06. The molecule has 0 fully saturated rings. The number of Topliss-reactive ketones (excluding diaryl/α,β-unsaturated/α-hetero) is 1. The number of halogens is 3. The minimum absolute atomic E-state index is 0.0717. The van der Waals surface area contributed by atoms with Crippen LogP contribution in [0.5, 0.6) is 0 Å². The van der Waals surface area contributed by atoms with Gasteiger partial charge in [0.2, 0.25) is 0 Å². The quantitative estimate of drug-likeness (QED) is 0.826. The van der Waals surface area contributed by atoms with Gasteiger partial charge in [-0.25, -0.2) is 0 Å². The molecule has 0 aliphatic rings. The standard InChI is InChI=1S/C16H16F3NO2/c1-10-5-3-6-11(2)15(10)20-14(16(17,18)19)9-12(21)13-7-4-8-22-13/h3-8,14,20H,9H2,1-2H3. The lowest BCUT2D eigenvalue weighted by Crippen LogP contribution is -2.38. The molecule has 0 spiro atoms. The van der Waals surface area contributed by atoms with Gasteiger partial charge < -0.3 is 9.73 Å². The lowest BCUT2D eigenvalue weighted by Gasteiger charge is -2.24. The van der Waals surface area contributed by atoms with Gasteiger partial charge >= 0.3 is 6.18 Å². The fraction of sp³-hybridized carbons (Fsp3) is 0.312. The zero-order valence-corrected chi connectivity index (χ0v) is 12.2. The molecule has 3 nitrogen and oxygen atoms in total. The van der Waals surface area contributed by atoms with Crippen molar-refractivity contribution in [3.05, 3.63) is 53.5 Å². The van der Waals surface area contributed by atoms with Crippen LogP contribution in [0.1, 0.15) is 28.1 Å². The third-order valence-corrected chi connectivity index (χ3v) is 3.38. The summed E-state index contributed by atoms with van der Waals surface area (Å²) in [5.41, 5.74) is 1.79. The number of rotatable bonds is 5. The zero-order chi connectivity index (χ0) is 16.3. The molecule has 22 heavy (non-hydrogen) atoms. The Morgan fingerprint density at radius 1 is 1.18 bits per heavy atom. The van der Waals surface area contributed by atoms with Gasteiger partial charge in [0, 0.05) is 12.1 Å². The van der Waals surface area contributed by atoms with Gasteiger partial charge in [0.05, 0.1) is 6.26 Å². The molecular formula is C16H16F3NO2. The maximum atomic E-state index is 13.2. The monoisotopic (exact) mass is 311 g/mol. The van der Waals surface area contributed by atoms with E-state index >= 15 is 0 Å². The normalized spacial score (nSPS) is 13.0. The molecule has 0 saturated heterocycles. The average molecular weight is 311 g/mol. The lowest BCUT2D eigenvalue weighted by molar-refractivity contribution is -0.141. The Labute approximate surface area is 126 Å². The Morgan fingerprint density at radius 2 is 1.82 bits per heavy atom. The number of carbonyl (C=O) groups excluding carboxylic acids is 1. The van der Waals surface area contributed by atoms with Gasteiger partial charge in [0.25, 0.3) is 0 Å². The van der Waals surface area contributed by atoms with Gasteiger partial charge in [-0.3, -0.25) is 4.79 Å². The van der Waals surface area contributed by atoms with E-state index in [-0.39, 0.29) is 5.76 Å². The van der Waals surface area contributed by atoms with E-state index in [2.05, 4.69) is 5.32 Å². The van der Waals surface area contributed by atoms with Crippen LogP contribution >= 0.6 is 0 Å². The fourth-order valence-corrected chi connectivity index (χ4v) is 2.19. The minimum Gasteiger partial charge on any atom is -0.461 e. The third-order valence-electron chi connectivity index (χ3n) is 3.38. The van der Waals surface area contributed by atoms with Crippen LogP contribution in [0.15, 0.2) is 41.0 Å². The van der Waals surface area contributed by atoms with E-state index in [9.17, 15) is 18.0 Å². The number of carbonyl (C=O) groups is 1. The van der Waals surface area contributed by atoms with Crippen molar-refractivity contribution in [1.82, 2.24) is 0 Å². The molecular weight excluding hydrogens is 295 g/mol. The first kappa shape index (κ1) is 16.1. The molecule has 0 aliphatic carbocycles. The Balaban J connectivity index is 2.22. The van der Waals surface area contributed by atoms with Gasteiger partial charge in [-0.15, -0.1) is 0 Å². The molecule has 0 bridgehead atoms. The van der Waals surface area contributed by atoms with Gasteiger partial charge in [0.15, 0.2) is 11.5 Å². The number of hydrogen-bond acceptors (Lipinski definition) is 3. The molecule has 1 aromatic carbocycles. The molecule has 2 rings (SSSR count). The van der Waals surface area contributed by atoms with Crippen LogP contribution in [-0.2, 0) is 0 Å². The second-order valence-electron chi connectivity index (χ2n) is 5.11. The number of hydrogen-bond donors (Lipinski definition) is 1. The predicted molar refractivity (Wildman–Crippen MR) is 77.0 cm³/mol. The van der Waals surface area contributed by atoms with Crippen molar-refractivity contribution in [2.75, 3.05) is 5.32 Å². The number of benzene rings is 1. The third kappa shape index (κ3) is 3.69. The summed E-state index contributed by atoms with van der Waals surface area (Å²) < 4.78 is 44.5. The van der Waals surface area contributed by atoms with Crippen molar-refractivity contribution in [2.24, 2.45) is 0 Å². The van der Waals surface area contributed by atoms with Crippen LogP contribution in [0.4, 0.5) is 18.9 Å². The highest BCUT2D eigenvalue weighted by Crippen LogP contribution is 2.30. The highest BCUT2D eigenvalue weighted by molar-refractivity contribution is 5.94. The summed E-state index contributed by atoms with van der Waals surface area (Å²) in [6.45, 7) is 3.44. The first-order valence-corrected chi connectivity index (χ1v) is 6.75. The fourth-order valence-electron chi connectivity index (χ4n) is 2.19. The first-order valence-electron chi connectivity index (χ1n) is 6.75. The lowest BCUT2D eigenvalue weighted by atomic mass is 10.0. The van der Waals surface area contributed by atoms with Crippen LogP contribution in [0, 0.1) is 13.8 Å². The Morgan fingerprint density at radius 3 is 2.32 bits per heavy atom. The van der Waals surface area contributed by atoms with E-state index in [4.69, 9.17) is 4.42 Å². The predicted octanol–water partition coefficient (Wildman–Crippen LogP) is 4.51. The van der Waals surface area contributed by atoms with E-state index in [0.717, 1.165) is 0 Å². The molecule has 0 aliphatic heterocycles. The topological polar surface area (TPSA) is 42.2 Å². The Bertz CT molecular complexity index is 628. The number of furan rings is 1. The summed E-state index contributed by atoms with van der Waals surface area (Å²) in [6.07, 6.45) is -4.00. The van der Waals surface area contributed by atoms with Crippen LogP contribution in [0.3, 0.4) is 0 Å². The van der Waals surface area contributed by atoms with Gasteiger partial charge in [0.1, 0.15) is 6.04 Å². The van der Waals surface area contributed by atoms with Gasteiger partial charge in [-0.1, -0.05) is 18.2 Å². The molecule has 0 amide bonds. The number of nitrogens with one attached hydrogen (secondary N) is 1. The van der Waals surface area contributed by atoms with Gasteiger partial charge in [-0.2, -0.15) is 13.2 Å². The highest BCUT2D eigenvalue weighted by Gasteiger charge is 2.41. The van der Waals surface area contributed by atoms with E-state index in [0.29, 0.717) is 16.8 Å². The summed E-state index contributed by atoms with van der Waals surface area (Å²) in [5, 5.41) is 2.46. The first-order chi connectivity index (χ1) is 10.3. The van der Waals surface area contributed by atoms with Crippen molar-refractivity contribution >= 4 is 11.5 Å². The van der Waals surface area contributed by atoms with Crippen LogP contribution in [0.25, 0.3) is 0 Å². The Hall–Kier alpha value is -2.24. The summed E-state index contributed by atoms with van der Waals surface area (Å²) >= 11 is 0. The largest absolute Gasteiger partial charge is 0.461 e. The van der Waals surface area contributed by atoms with Crippen molar-refractivity contribution < 1.29 is 22.4 Å². The maximum Gasteiger partial charge on any atom is 0.408 e. The van der Waals surface area contributed by atoms with Crippen molar-refractivity contribution in [3.8, 4) is 0 Å². The average Bonchev–Trinajstić information content (AvgIpc) is 2.94. The highest BCUT2D eigenvalue weighted by atomic mass is 19.4. The van der Waals surface area contributed by atoms with Crippen LogP contribution in [0.2, 0.25) is 0 Å². The number of ketones is 1. The smallest absolute Gasteiger partial charge is 0.408 e. The van der Waals surface area contributed by atoms with E-state index in [1.54, 1.807) is 32.0 Å². The maximum absolute atomic E-state index is 13.2. The van der Waals surface area contributed by atoms with Crippen LogP contribution in [-0.4, -0.2) is 18.0 Å². The van der Waals surface area contributed by atoms with Crippen molar-refractivity contribution in [2.45, 2.75) is 32.5 Å². The molecule has 2 aromatic rings. The number of anilines is 1. The number of aryl methyl sites for hydroxylation is 2. The SMILES string of the molecule is Cc1cccc(C)c1NC(CC(=O)c1ccco1)C(F)(F)F. The van der Waals surface area contributed by atoms with E-state index < -0.39 is 24.4 Å².